The van der Waals surface area contributed by atoms with Gasteiger partial charge in [0.2, 0.25) is 0 Å². The fourth-order valence-corrected chi connectivity index (χ4v) is 2.56. The van der Waals surface area contributed by atoms with Crippen molar-refractivity contribution in [2.24, 2.45) is 5.92 Å². The minimum Gasteiger partial charge on any atom is -0.0683 e. The molecular formula is C15H24. The number of hydrogen-bond acceptors (Lipinski definition) is 0. The van der Waals surface area contributed by atoms with Crippen LogP contribution < -0.4 is 0 Å². The Kier molecular flexibility index (Phi) is 4.38. The molecule has 0 aromatic heterocycles. The molecule has 1 aromatic carbocycles. The van der Waals surface area contributed by atoms with Crippen molar-refractivity contribution >= 4 is 0 Å². The molecule has 0 spiro atoms. The van der Waals surface area contributed by atoms with Gasteiger partial charge in [-0.2, -0.15) is 0 Å². The van der Waals surface area contributed by atoms with Crippen LogP contribution >= 0.6 is 0 Å². The minimum absolute atomic E-state index is 0.767. The van der Waals surface area contributed by atoms with E-state index in [1.807, 2.05) is 13.8 Å². The first-order valence-corrected chi connectivity index (χ1v) is 6.29. The first kappa shape index (κ1) is 12.3. The van der Waals surface area contributed by atoms with Gasteiger partial charge in [-0.25, -0.2) is 0 Å². The molecule has 2 atom stereocenters. The molecule has 0 N–H and O–H groups in total. The summed E-state index contributed by atoms with van der Waals surface area (Å²) < 4.78 is 0. The number of fused-ring (bicyclic) bond motifs is 1. The molecule has 0 nitrogen and oxygen atoms in total. The Hall–Kier alpha value is -0.780. The maximum absolute atomic E-state index is 2.35. The molecule has 2 rings (SSSR count). The third kappa shape index (κ3) is 2.42. The van der Waals surface area contributed by atoms with Crippen LogP contribution in [0.25, 0.3) is 0 Å². The highest BCUT2D eigenvalue weighted by Crippen LogP contribution is 2.44. The molecule has 0 radical (unpaired) electrons. The van der Waals surface area contributed by atoms with Gasteiger partial charge in [0.05, 0.1) is 0 Å². The maximum Gasteiger partial charge on any atom is -0.0130 e. The molecule has 0 fully saturated rings. The topological polar surface area (TPSA) is 0 Å². The van der Waals surface area contributed by atoms with Crippen LogP contribution in [0.1, 0.15) is 64.0 Å². The highest BCUT2D eigenvalue weighted by molar-refractivity contribution is 5.38. The largest absolute Gasteiger partial charge is 0.0683 e. The van der Waals surface area contributed by atoms with Crippen molar-refractivity contribution in [1.29, 1.82) is 0 Å². The van der Waals surface area contributed by atoms with Crippen LogP contribution in [0, 0.1) is 5.92 Å². The van der Waals surface area contributed by atoms with E-state index in [4.69, 9.17) is 0 Å². The van der Waals surface area contributed by atoms with Crippen molar-refractivity contribution in [3.05, 3.63) is 35.4 Å². The third-order valence-electron chi connectivity index (χ3n) is 3.34. The number of hydrogen-bond donors (Lipinski definition) is 0. The first-order chi connectivity index (χ1) is 7.20. The van der Waals surface area contributed by atoms with E-state index in [1.54, 1.807) is 11.1 Å². The Morgan fingerprint density at radius 2 is 1.60 bits per heavy atom. The average molecular weight is 204 g/mol. The molecule has 1 aliphatic rings. The Labute approximate surface area is 94.7 Å². The highest BCUT2D eigenvalue weighted by Gasteiger charge is 2.29. The highest BCUT2D eigenvalue weighted by atomic mass is 14.3. The predicted octanol–water partition coefficient (Wildman–Crippen LogP) is 4.96. The summed E-state index contributed by atoms with van der Waals surface area (Å²) >= 11 is 0. The lowest BCUT2D eigenvalue weighted by atomic mass is 9.90. The van der Waals surface area contributed by atoms with Gasteiger partial charge in [-0.05, 0) is 35.3 Å². The van der Waals surface area contributed by atoms with Crippen LogP contribution in [0.2, 0.25) is 0 Å². The SMILES string of the molecule is CC.CC1CC(C(C)C)c2ccccc21. The second kappa shape index (κ2) is 5.34. The van der Waals surface area contributed by atoms with Crippen LogP contribution in [0.5, 0.6) is 0 Å². The standard InChI is InChI=1S/C13H18.C2H6/c1-9(2)13-8-10(3)11-6-4-5-7-12(11)13;1-2/h4-7,9-10,13H,8H2,1-3H3;1-2H3. The van der Waals surface area contributed by atoms with Crippen LogP contribution in [0.15, 0.2) is 24.3 Å². The lowest BCUT2D eigenvalue weighted by Crippen LogP contribution is -2.01. The van der Waals surface area contributed by atoms with E-state index in [9.17, 15) is 0 Å². The normalized spacial score (nSPS) is 23.3. The van der Waals surface area contributed by atoms with Crippen molar-refractivity contribution in [3.63, 3.8) is 0 Å². The maximum atomic E-state index is 2.35. The van der Waals surface area contributed by atoms with E-state index in [1.165, 1.54) is 6.42 Å². The zero-order valence-electron chi connectivity index (χ0n) is 10.7. The van der Waals surface area contributed by atoms with Gasteiger partial charge in [0.1, 0.15) is 0 Å². The molecule has 0 amide bonds. The molecule has 0 saturated carbocycles. The molecular weight excluding hydrogens is 180 g/mol. The molecule has 0 aliphatic heterocycles. The first-order valence-electron chi connectivity index (χ1n) is 6.29. The van der Waals surface area contributed by atoms with Crippen molar-refractivity contribution in [3.8, 4) is 0 Å². The van der Waals surface area contributed by atoms with Gasteiger partial charge >= 0.3 is 0 Å². The molecule has 0 heterocycles. The average Bonchev–Trinajstić information content (AvgIpc) is 2.60. The summed E-state index contributed by atoms with van der Waals surface area (Å²) in [6, 6.07) is 8.94. The molecule has 84 valence electrons. The smallest absolute Gasteiger partial charge is 0.0130 e. The van der Waals surface area contributed by atoms with Crippen molar-refractivity contribution in [2.75, 3.05) is 0 Å². The van der Waals surface area contributed by atoms with Crippen LogP contribution in [0.4, 0.5) is 0 Å². The fraction of sp³-hybridized carbons (Fsp3) is 0.600. The zero-order chi connectivity index (χ0) is 11.4. The second-order valence-corrected chi connectivity index (χ2v) is 4.62. The van der Waals surface area contributed by atoms with E-state index in [-0.39, 0.29) is 0 Å². The lowest BCUT2D eigenvalue weighted by Gasteiger charge is -2.15. The third-order valence-corrected chi connectivity index (χ3v) is 3.34. The number of rotatable bonds is 1. The summed E-state index contributed by atoms with van der Waals surface area (Å²) in [5, 5.41) is 0. The van der Waals surface area contributed by atoms with Crippen LogP contribution in [-0.2, 0) is 0 Å². The molecule has 0 heteroatoms. The van der Waals surface area contributed by atoms with E-state index in [0.29, 0.717) is 0 Å². The minimum atomic E-state index is 0.767. The Morgan fingerprint density at radius 3 is 2.13 bits per heavy atom. The van der Waals surface area contributed by atoms with Crippen molar-refractivity contribution in [2.45, 2.75) is 52.9 Å². The summed E-state index contributed by atoms with van der Waals surface area (Å²) in [5.74, 6) is 2.35. The summed E-state index contributed by atoms with van der Waals surface area (Å²) in [7, 11) is 0. The molecule has 0 saturated heterocycles. The summed E-state index contributed by atoms with van der Waals surface area (Å²) in [5.41, 5.74) is 3.19. The van der Waals surface area contributed by atoms with Gasteiger partial charge in [0.25, 0.3) is 0 Å². The molecule has 0 bridgehead atoms. The van der Waals surface area contributed by atoms with Crippen molar-refractivity contribution < 1.29 is 0 Å². The lowest BCUT2D eigenvalue weighted by molar-refractivity contribution is 0.475. The van der Waals surface area contributed by atoms with Gasteiger partial charge in [-0.15, -0.1) is 0 Å². The van der Waals surface area contributed by atoms with E-state index < -0.39 is 0 Å². The number of benzene rings is 1. The van der Waals surface area contributed by atoms with E-state index >= 15 is 0 Å². The Morgan fingerprint density at radius 1 is 1.07 bits per heavy atom. The molecule has 1 aliphatic carbocycles. The fourth-order valence-electron chi connectivity index (χ4n) is 2.56. The zero-order valence-corrected chi connectivity index (χ0v) is 10.7. The van der Waals surface area contributed by atoms with Gasteiger partial charge in [0.15, 0.2) is 0 Å². The summed E-state index contributed by atoms with van der Waals surface area (Å²) in [6.07, 6.45) is 1.34. The van der Waals surface area contributed by atoms with Gasteiger partial charge in [-0.3, -0.25) is 0 Å². The van der Waals surface area contributed by atoms with Gasteiger partial charge in [0, 0.05) is 0 Å². The Balaban J connectivity index is 0.000000531. The van der Waals surface area contributed by atoms with Crippen molar-refractivity contribution in [1.82, 2.24) is 0 Å². The quantitative estimate of drug-likeness (QED) is 0.606. The molecule has 15 heavy (non-hydrogen) atoms. The van der Waals surface area contributed by atoms with E-state index in [0.717, 1.165) is 17.8 Å². The second-order valence-electron chi connectivity index (χ2n) is 4.62. The Bertz CT molecular complexity index is 299. The van der Waals surface area contributed by atoms with E-state index in [2.05, 4.69) is 45.0 Å². The van der Waals surface area contributed by atoms with Gasteiger partial charge < -0.3 is 0 Å². The predicted molar refractivity (Wildman–Crippen MR) is 68.4 cm³/mol. The van der Waals surface area contributed by atoms with Crippen LogP contribution in [-0.4, -0.2) is 0 Å². The monoisotopic (exact) mass is 204 g/mol. The molecule has 1 aromatic rings. The van der Waals surface area contributed by atoms with Gasteiger partial charge in [-0.1, -0.05) is 58.9 Å². The molecule has 2 unspecified atom stereocenters. The van der Waals surface area contributed by atoms with Crippen LogP contribution in [0.3, 0.4) is 0 Å². The summed E-state index contributed by atoms with van der Waals surface area (Å²) in [6.45, 7) is 11.0. The summed E-state index contributed by atoms with van der Waals surface area (Å²) in [4.78, 5) is 0.